The van der Waals surface area contributed by atoms with E-state index in [1.54, 1.807) is 7.11 Å². The van der Waals surface area contributed by atoms with Crippen molar-refractivity contribution in [1.29, 1.82) is 0 Å². The molecule has 2 rings (SSSR count). The molecule has 1 aliphatic heterocycles. The van der Waals surface area contributed by atoms with Gasteiger partial charge in [0.25, 0.3) is 0 Å². The summed E-state index contributed by atoms with van der Waals surface area (Å²) >= 11 is 0. The fourth-order valence-corrected chi connectivity index (χ4v) is 2.14. The third-order valence-electron chi connectivity index (χ3n) is 3.37. The molecule has 1 aromatic heterocycles. The third kappa shape index (κ3) is 2.10. The molecule has 0 aromatic carbocycles. The summed E-state index contributed by atoms with van der Waals surface area (Å²) in [7, 11) is 1.68. The van der Waals surface area contributed by atoms with Crippen molar-refractivity contribution in [3.63, 3.8) is 0 Å². The van der Waals surface area contributed by atoms with Crippen molar-refractivity contribution in [2.75, 3.05) is 26.8 Å². The number of nitrogens with zero attached hydrogens (tertiary/aromatic N) is 2. The molecule has 1 atom stereocenters. The molecule has 0 amide bonds. The SMILES string of the molecule is CCC1(c2nc(CCOC)no2)CCNC1. The number of rotatable bonds is 5. The predicted molar refractivity (Wildman–Crippen MR) is 59.3 cm³/mol. The van der Waals surface area contributed by atoms with E-state index in [0.717, 1.165) is 37.6 Å². The maximum atomic E-state index is 5.38. The average Bonchev–Trinajstić information content (AvgIpc) is 2.95. The van der Waals surface area contributed by atoms with Gasteiger partial charge in [0.15, 0.2) is 5.82 Å². The van der Waals surface area contributed by atoms with Crippen molar-refractivity contribution in [2.24, 2.45) is 0 Å². The van der Waals surface area contributed by atoms with Gasteiger partial charge in [-0.05, 0) is 19.4 Å². The Morgan fingerprint density at radius 3 is 3.06 bits per heavy atom. The Morgan fingerprint density at radius 2 is 2.44 bits per heavy atom. The fourth-order valence-electron chi connectivity index (χ4n) is 2.14. The maximum Gasteiger partial charge on any atom is 0.234 e. The molecule has 5 heteroatoms. The number of ether oxygens (including phenoxy) is 1. The zero-order valence-corrected chi connectivity index (χ0v) is 9.95. The molecule has 1 saturated heterocycles. The van der Waals surface area contributed by atoms with Crippen LogP contribution in [-0.4, -0.2) is 36.9 Å². The lowest BCUT2D eigenvalue weighted by molar-refractivity contribution is 0.199. The van der Waals surface area contributed by atoms with Gasteiger partial charge in [-0.25, -0.2) is 0 Å². The summed E-state index contributed by atoms with van der Waals surface area (Å²) in [4.78, 5) is 4.47. The second-order valence-electron chi connectivity index (χ2n) is 4.32. The smallest absolute Gasteiger partial charge is 0.234 e. The van der Waals surface area contributed by atoms with E-state index in [1.165, 1.54) is 0 Å². The number of hydrogen-bond acceptors (Lipinski definition) is 5. The number of nitrogens with one attached hydrogen (secondary N) is 1. The molecule has 1 aliphatic rings. The van der Waals surface area contributed by atoms with Crippen molar-refractivity contribution < 1.29 is 9.26 Å². The van der Waals surface area contributed by atoms with Gasteiger partial charge in [-0.1, -0.05) is 12.1 Å². The first-order valence-corrected chi connectivity index (χ1v) is 5.83. The van der Waals surface area contributed by atoms with Crippen molar-refractivity contribution in [3.05, 3.63) is 11.7 Å². The van der Waals surface area contributed by atoms with Gasteiger partial charge in [0.1, 0.15) is 0 Å². The fraction of sp³-hybridized carbons (Fsp3) is 0.818. The highest BCUT2D eigenvalue weighted by Crippen LogP contribution is 2.32. The number of aromatic nitrogens is 2. The van der Waals surface area contributed by atoms with Crippen LogP contribution in [0, 0.1) is 0 Å². The summed E-state index contributed by atoms with van der Waals surface area (Å²) in [6.07, 6.45) is 2.83. The topological polar surface area (TPSA) is 60.2 Å². The Labute approximate surface area is 95.6 Å². The molecule has 0 spiro atoms. The van der Waals surface area contributed by atoms with Crippen LogP contribution in [0.3, 0.4) is 0 Å². The van der Waals surface area contributed by atoms with Crippen LogP contribution in [0.15, 0.2) is 4.52 Å². The zero-order valence-electron chi connectivity index (χ0n) is 9.95. The molecule has 0 bridgehead atoms. The first kappa shape index (κ1) is 11.5. The van der Waals surface area contributed by atoms with Crippen LogP contribution in [-0.2, 0) is 16.6 Å². The molecule has 1 N–H and O–H groups in total. The summed E-state index contributed by atoms with van der Waals surface area (Å²) in [5, 5.41) is 7.36. The van der Waals surface area contributed by atoms with Gasteiger partial charge >= 0.3 is 0 Å². The normalized spacial score (nSPS) is 25.1. The van der Waals surface area contributed by atoms with Gasteiger partial charge in [-0.3, -0.25) is 0 Å². The molecule has 0 aliphatic carbocycles. The Morgan fingerprint density at radius 1 is 1.56 bits per heavy atom. The van der Waals surface area contributed by atoms with Crippen molar-refractivity contribution in [2.45, 2.75) is 31.6 Å². The lowest BCUT2D eigenvalue weighted by atomic mass is 9.84. The van der Waals surface area contributed by atoms with Crippen LogP contribution in [0.1, 0.15) is 31.5 Å². The van der Waals surface area contributed by atoms with E-state index in [2.05, 4.69) is 22.4 Å². The Bertz CT molecular complexity index is 332. The van der Waals surface area contributed by atoms with E-state index >= 15 is 0 Å². The van der Waals surface area contributed by atoms with Crippen molar-refractivity contribution in [1.82, 2.24) is 15.5 Å². The molecule has 0 radical (unpaired) electrons. The molecular formula is C11H19N3O2. The lowest BCUT2D eigenvalue weighted by Gasteiger charge is -2.20. The van der Waals surface area contributed by atoms with Crippen LogP contribution in [0.25, 0.3) is 0 Å². The summed E-state index contributed by atoms with van der Waals surface area (Å²) in [6, 6.07) is 0. The van der Waals surface area contributed by atoms with E-state index in [0.29, 0.717) is 13.0 Å². The van der Waals surface area contributed by atoms with Gasteiger partial charge in [0.05, 0.1) is 12.0 Å². The standard InChI is InChI=1S/C11H19N3O2/c1-3-11(5-6-12-8-11)10-13-9(14-16-10)4-7-15-2/h12H,3-8H2,1-2H3. The van der Waals surface area contributed by atoms with Crippen LogP contribution in [0.2, 0.25) is 0 Å². The van der Waals surface area contributed by atoms with Gasteiger partial charge in [0.2, 0.25) is 5.89 Å². The van der Waals surface area contributed by atoms with Crippen LogP contribution < -0.4 is 5.32 Å². The minimum atomic E-state index is 0.0539. The number of methoxy groups -OCH3 is 1. The van der Waals surface area contributed by atoms with Crippen molar-refractivity contribution in [3.8, 4) is 0 Å². The second kappa shape index (κ2) is 4.93. The molecule has 0 saturated carbocycles. The zero-order chi connectivity index (χ0) is 11.4. The van der Waals surface area contributed by atoms with E-state index in [-0.39, 0.29) is 5.41 Å². The summed E-state index contributed by atoms with van der Waals surface area (Å²) < 4.78 is 10.4. The monoisotopic (exact) mass is 225 g/mol. The first-order chi connectivity index (χ1) is 7.80. The van der Waals surface area contributed by atoms with Crippen LogP contribution in [0.5, 0.6) is 0 Å². The highest BCUT2D eigenvalue weighted by molar-refractivity contribution is 5.09. The van der Waals surface area contributed by atoms with Gasteiger partial charge in [-0.2, -0.15) is 4.98 Å². The van der Waals surface area contributed by atoms with Gasteiger partial charge in [0, 0.05) is 20.1 Å². The molecule has 2 heterocycles. The highest BCUT2D eigenvalue weighted by atomic mass is 16.5. The van der Waals surface area contributed by atoms with E-state index in [1.807, 2.05) is 0 Å². The lowest BCUT2D eigenvalue weighted by Crippen LogP contribution is -2.28. The largest absolute Gasteiger partial charge is 0.384 e. The van der Waals surface area contributed by atoms with Crippen LogP contribution in [0.4, 0.5) is 0 Å². The van der Waals surface area contributed by atoms with E-state index in [4.69, 9.17) is 9.26 Å². The maximum absolute atomic E-state index is 5.38. The molecule has 1 aromatic rings. The molecule has 1 fully saturated rings. The predicted octanol–water partition coefficient (Wildman–Crippen LogP) is 0.900. The van der Waals surface area contributed by atoms with Gasteiger partial charge < -0.3 is 14.6 Å². The molecule has 1 unspecified atom stereocenters. The highest BCUT2D eigenvalue weighted by Gasteiger charge is 2.39. The summed E-state index contributed by atoms with van der Waals surface area (Å²) in [6.45, 7) is 4.78. The Hall–Kier alpha value is -0.940. The molecular weight excluding hydrogens is 206 g/mol. The van der Waals surface area contributed by atoms with Crippen molar-refractivity contribution >= 4 is 0 Å². The summed E-state index contributed by atoms with van der Waals surface area (Å²) in [5.41, 5.74) is 0.0539. The Kier molecular flexibility index (Phi) is 3.56. The van der Waals surface area contributed by atoms with E-state index < -0.39 is 0 Å². The second-order valence-corrected chi connectivity index (χ2v) is 4.32. The van der Waals surface area contributed by atoms with E-state index in [9.17, 15) is 0 Å². The quantitative estimate of drug-likeness (QED) is 0.806. The van der Waals surface area contributed by atoms with Gasteiger partial charge in [-0.15, -0.1) is 0 Å². The minimum Gasteiger partial charge on any atom is -0.384 e. The molecule has 90 valence electrons. The number of hydrogen-bond donors (Lipinski definition) is 1. The third-order valence-corrected chi connectivity index (χ3v) is 3.37. The Balaban J connectivity index is 2.10. The van der Waals surface area contributed by atoms with Crippen LogP contribution >= 0.6 is 0 Å². The molecule has 16 heavy (non-hydrogen) atoms. The molecule has 5 nitrogen and oxygen atoms in total. The summed E-state index contributed by atoms with van der Waals surface area (Å²) in [5.74, 6) is 1.53. The minimum absolute atomic E-state index is 0.0539. The average molecular weight is 225 g/mol. The first-order valence-electron chi connectivity index (χ1n) is 5.83.